The molecule has 88 valence electrons. The number of nitrogens with zero attached hydrogens (tertiary/aromatic N) is 2. The van der Waals surface area contributed by atoms with Crippen LogP contribution in [0, 0.1) is 0 Å². The standard InChI is InChI=1S/C14H17N3/c1-12(13-6-3-2-4-7-13)10-15-11-14-8-5-9-16-17-14/h2-9,12,15H,10-11H2,1H3. The van der Waals surface area contributed by atoms with E-state index in [4.69, 9.17) is 0 Å². The lowest BCUT2D eigenvalue weighted by Gasteiger charge is -2.12. The fourth-order valence-electron chi connectivity index (χ4n) is 1.74. The molecule has 2 aromatic rings. The molecule has 3 heteroatoms. The van der Waals surface area contributed by atoms with Gasteiger partial charge in [0.1, 0.15) is 0 Å². The molecule has 0 aliphatic rings. The Labute approximate surface area is 102 Å². The van der Waals surface area contributed by atoms with Crippen molar-refractivity contribution in [2.45, 2.75) is 19.4 Å². The zero-order chi connectivity index (χ0) is 11.9. The van der Waals surface area contributed by atoms with Crippen molar-refractivity contribution in [2.75, 3.05) is 6.54 Å². The maximum atomic E-state index is 4.04. The molecule has 1 heterocycles. The zero-order valence-corrected chi connectivity index (χ0v) is 10.0. The second-order valence-electron chi connectivity index (χ2n) is 4.16. The number of aromatic nitrogens is 2. The summed E-state index contributed by atoms with van der Waals surface area (Å²) in [7, 11) is 0. The predicted octanol–water partition coefficient (Wildman–Crippen LogP) is 2.37. The maximum absolute atomic E-state index is 4.04. The van der Waals surface area contributed by atoms with E-state index in [1.165, 1.54) is 5.56 Å². The Bertz CT molecular complexity index is 428. The van der Waals surface area contributed by atoms with Gasteiger partial charge >= 0.3 is 0 Å². The van der Waals surface area contributed by atoms with Crippen molar-refractivity contribution in [1.29, 1.82) is 0 Å². The lowest BCUT2D eigenvalue weighted by molar-refractivity contribution is 0.604. The molecule has 2 rings (SSSR count). The van der Waals surface area contributed by atoms with Gasteiger partial charge in [-0.15, -0.1) is 0 Å². The molecule has 1 unspecified atom stereocenters. The second kappa shape index (κ2) is 6.11. The van der Waals surface area contributed by atoms with Crippen molar-refractivity contribution in [3.63, 3.8) is 0 Å². The van der Waals surface area contributed by atoms with Gasteiger partial charge in [0.05, 0.1) is 5.69 Å². The highest BCUT2D eigenvalue weighted by molar-refractivity contribution is 5.19. The van der Waals surface area contributed by atoms with Crippen molar-refractivity contribution >= 4 is 0 Å². The SMILES string of the molecule is CC(CNCc1cccnn1)c1ccccc1. The molecule has 0 spiro atoms. The van der Waals surface area contributed by atoms with E-state index < -0.39 is 0 Å². The minimum Gasteiger partial charge on any atom is -0.311 e. The molecule has 1 aromatic heterocycles. The van der Waals surface area contributed by atoms with Crippen LogP contribution in [0.1, 0.15) is 24.1 Å². The summed E-state index contributed by atoms with van der Waals surface area (Å²) in [6, 6.07) is 14.4. The molecular weight excluding hydrogens is 210 g/mol. The normalized spacial score (nSPS) is 12.3. The van der Waals surface area contributed by atoms with Crippen molar-refractivity contribution in [2.24, 2.45) is 0 Å². The average Bonchev–Trinajstić information content (AvgIpc) is 2.41. The molecule has 0 amide bonds. The second-order valence-corrected chi connectivity index (χ2v) is 4.16. The van der Waals surface area contributed by atoms with Gasteiger partial charge in [0.25, 0.3) is 0 Å². The Kier molecular flexibility index (Phi) is 4.22. The van der Waals surface area contributed by atoms with E-state index in [0.29, 0.717) is 5.92 Å². The van der Waals surface area contributed by atoms with Crippen LogP contribution in [-0.2, 0) is 6.54 Å². The number of rotatable bonds is 5. The van der Waals surface area contributed by atoms with Gasteiger partial charge in [-0.25, -0.2) is 0 Å². The number of hydrogen-bond acceptors (Lipinski definition) is 3. The van der Waals surface area contributed by atoms with Crippen LogP contribution in [-0.4, -0.2) is 16.7 Å². The summed E-state index contributed by atoms with van der Waals surface area (Å²) >= 11 is 0. The molecular formula is C14H17N3. The molecule has 0 fully saturated rings. The minimum atomic E-state index is 0.507. The largest absolute Gasteiger partial charge is 0.311 e. The first-order valence-corrected chi connectivity index (χ1v) is 5.88. The van der Waals surface area contributed by atoms with Crippen molar-refractivity contribution < 1.29 is 0 Å². The molecule has 0 aliphatic heterocycles. The molecule has 0 saturated carbocycles. The molecule has 0 radical (unpaired) electrons. The number of nitrogens with one attached hydrogen (secondary N) is 1. The average molecular weight is 227 g/mol. The van der Waals surface area contributed by atoms with Crippen molar-refractivity contribution in [3.8, 4) is 0 Å². The Morgan fingerprint density at radius 3 is 2.65 bits per heavy atom. The topological polar surface area (TPSA) is 37.8 Å². The fourth-order valence-corrected chi connectivity index (χ4v) is 1.74. The first kappa shape index (κ1) is 11.7. The molecule has 17 heavy (non-hydrogen) atoms. The van der Waals surface area contributed by atoms with Crippen LogP contribution >= 0.6 is 0 Å². The van der Waals surface area contributed by atoms with Gasteiger partial charge in [0.15, 0.2) is 0 Å². The van der Waals surface area contributed by atoms with E-state index in [1.807, 2.05) is 18.2 Å². The third-order valence-corrected chi connectivity index (χ3v) is 2.75. The van der Waals surface area contributed by atoms with Gasteiger partial charge in [-0.05, 0) is 23.6 Å². The summed E-state index contributed by atoms with van der Waals surface area (Å²) in [6.45, 7) is 3.94. The summed E-state index contributed by atoms with van der Waals surface area (Å²) in [5, 5.41) is 11.3. The molecule has 1 N–H and O–H groups in total. The monoisotopic (exact) mass is 227 g/mol. The van der Waals surface area contributed by atoms with E-state index in [0.717, 1.165) is 18.8 Å². The van der Waals surface area contributed by atoms with E-state index in [9.17, 15) is 0 Å². The van der Waals surface area contributed by atoms with Gasteiger partial charge in [-0.3, -0.25) is 0 Å². The van der Waals surface area contributed by atoms with Crippen LogP contribution in [0.15, 0.2) is 48.7 Å². The smallest absolute Gasteiger partial charge is 0.0768 e. The van der Waals surface area contributed by atoms with Gasteiger partial charge in [-0.1, -0.05) is 37.3 Å². The Balaban J connectivity index is 1.79. The van der Waals surface area contributed by atoms with Crippen LogP contribution in [0.4, 0.5) is 0 Å². The van der Waals surface area contributed by atoms with Crippen LogP contribution in [0.2, 0.25) is 0 Å². The van der Waals surface area contributed by atoms with E-state index in [-0.39, 0.29) is 0 Å². The number of benzene rings is 1. The summed E-state index contributed by atoms with van der Waals surface area (Å²) in [4.78, 5) is 0. The van der Waals surface area contributed by atoms with Crippen molar-refractivity contribution in [1.82, 2.24) is 15.5 Å². The summed E-state index contributed by atoms with van der Waals surface area (Å²) in [5.41, 5.74) is 2.34. The molecule has 0 bridgehead atoms. The van der Waals surface area contributed by atoms with E-state index in [2.05, 4.69) is 46.7 Å². The first-order chi connectivity index (χ1) is 8.36. The summed E-state index contributed by atoms with van der Waals surface area (Å²) in [5.74, 6) is 0.507. The Hall–Kier alpha value is -1.74. The highest BCUT2D eigenvalue weighted by Gasteiger charge is 2.04. The summed E-state index contributed by atoms with van der Waals surface area (Å²) < 4.78 is 0. The zero-order valence-electron chi connectivity index (χ0n) is 10.0. The highest BCUT2D eigenvalue weighted by atomic mass is 15.1. The highest BCUT2D eigenvalue weighted by Crippen LogP contribution is 2.12. The first-order valence-electron chi connectivity index (χ1n) is 5.88. The molecule has 0 saturated heterocycles. The fraction of sp³-hybridized carbons (Fsp3) is 0.286. The van der Waals surface area contributed by atoms with Gasteiger partial charge in [0, 0.05) is 19.3 Å². The lowest BCUT2D eigenvalue weighted by Crippen LogP contribution is -2.20. The van der Waals surface area contributed by atoms with Crippen LogP contribution < -0.4 is 5.32 Å². The quantitative estimate of drug-likeness (QED) is 0.852. The van der Waals surface area contributed by atoms with E-state index >= 15 is 0 Å². The third-order valence-electron chi connectivity index (χ3n) is 2.75. The Morgan fingerprint density at radius 2 is 1.94 bits per heavy atom. The van der Waals surface area contributed by atoms with Crippen LogP contribution in [0.3, 0.4) is 0 Å². The van der Waals surface area contributed by atoms with Crippen LogP contribution in [0.25, 0.3) is 0 Å². The third kappa shape index (κ3) is 3.64. The minimum absolute atomic E-state index is 0.507. The van der Waals surface area contributed by atoms with Crippen molar-refractivity contribution in [3.05, 3.63) is 59.9 Å². The van der Waals surface area contributed by atoms with Gasteiger partial charge < -0.3 is 5.32 Å². The molecule has 1 aromatic carbocycles. The predicted molar refractivity (Wildman–Crippen MR) is 68.6 cm³/mol. The summed E-state index contributed by atoms with van der Waals surface area (Å²) in [6.07, 6.45) is 1.69. The molecule has 3 nitrogen and oxygen atoms in total. The Morgan fingerprint density at radius 1 is 1.12 bits per heavy atom. The van der Waals surface area contributed by atoms with Gasteiger partial charge in [0.2, 0.25) is 0 Å². The maximum Gasteiger partial charge on any atom is 0.0768 e. The lowest BCUT2D eigenvalue weighted by atomic mass is 10.0. The van der Waals surface area contributed by atoms with Gasteiger partial charge in [-0.2, -0.15) is 10.2 Å². The number of hydrogen-bond donors (Lipinski definition) is 1. The van der Waals surface area contributed by atoms with E-state index in [1.54, 1.807) is 6.20 Å². The van der Waals surface area contributed by atoms with Crippen LogP contribution in [0.5, 0.6) is 0 Å². The molecule has 1 atom stereocenters. The molecule has 0 aliphatic carbocycles.